The standard InChI is InChI=1S/C17H18BrN3O3S/c1-11(15-10-25-17(18)20-15)19-14-3-2-12(8-13(14)16(22)23)9-21-4-6-24-7-5-21/h2-3,8,10,19H,1,4-7,9H2,(H,22,23). The molecule has 6 nitrogen and oxygen atoms in total. The molecule has 0 atom stereocenters. The first-order valence-corrected chi connectivity index (χ1v) is 9.44. The number of hydrogen-bond acceptors (Lipinski definition) is 6. The second kappa shape index (κ2) is 8.09. The van der Waals surface area contributed by atoms with E-state index < -0.39 is 5.97 Å². The van der Waals surface area contributed by atoms with Crippen LogP contribution in [-0.4, -0.2) is 47.3 Å². The number of aromatic nitrogens is 1. The fraction of sp³-hybridized carbons (Fsp3) is 0.294. The Kier molecular flexibility index (Phi) is 5.85. The largest absolute Gasteiger partial charge is 0.478 e. The number of carbonyl (C=O) groups is 1. The molecule has 25 heavy (non-hydrogen) atoms. The highest BCUT2D eigenvalue weighted by Crippen LogP contribution is 2.25. The molecular formula is C17H18BrN3O3S. The van der Waals surface area contributed by atoms with Gasteiger partial charge in [0.25, 0.3) is 0 Å². The summed E-state index contributed by atoms with van der Waals surface area (Å²) in [7, 11) is 0. The summed E-state index contributed by atoms with van der Waals surface area (Å²) < 4.78 is 6.10. The van der Waals surface area contributed by atoms with Gasteiger partial charge in [-0.3, -0.25) is 4.90 Å². The number of nitrogens with zero attached hydrogens (tertiary/aromatic N) is 2. The smallest absolute Gasteiger partial charge is 0.337 e. The summed E-state index contributed by atoms with van der Waals surface area (Å²) in [6.07, 6.45) is 0. The first kappa shape index (κ1) is 18.1. The van der Waals surface area contributed by atoms with Crippen LogP contribution in [0.5, 0.6) is 0 Å². The zero-order valence-corrected chi connectivity index (χ0v) is 15.9. The van der Waals surface area contributed by atoms with Crippen LogP contribution < -0.4 is 5.32 Å². The van der Waals surface area contributed by atoms with Crippen molar-refractivity contribution >= 4 is 44.6 Å². The molecule has 0 saturated carbocycles. The first-order valence-electron chi connectivity index (χ1n) is 7.76. The van der Waals surface area contributed by atoms with Gasteiger partial charge < -0.3 is 15.2 Å². The average Bonchev–Trinajstić information content (AvgIpc) is 3.03. The maximum absolute atomic E-state index is 11.7. The average molecular weight is 424 g/mol. The number of carboxylic acids is 1. The molecule has 1 fully saturated rings. The van der Waals surface area contributed by atoms with Crippen LogP contribution in [0.2, 0.25) is 0 Å². The Morgan fingerprint density at radius 1 is 1.44 bits per heavy atom. The van der Waals surface area contributed by atoms with Crippen molar-refractivity contribution in [1.82, 2.24) is 9.88 Å². The van der Waals surface area contributed by atoms with E-state index in [1.54, 1.807) is 12.1 Å². The quantitative estimate of drug-likeness (QED) is 0.740. The summed E-state index contributed by atoms with van der Waals surface area (Å²) in [4.78, 5) is 18.2. The molecule has 8 heteroatoms. The molecule has 0 spiro atoms. The lowest BCUT2D eigenvalue weighted by atomic mass is 10.1. The van der Waals surface area contributed by atoms with E-state index in [-0.39, 0.29) is 5.56 Å². The van der Waals surface area contributed by atoms with Gasteiger partial charge >= 0.3 is 5.97 Å². The molecule has 0 aliphatic carbocycles. The fourth-order valence-corrected chi connectivity index (χ4v) is 3.64. The third-order valence-corrected chi connectivity index (χ3v) is 5.26. The summed E-state index contributed by atoms with van der Waals surface area (Å²) in [6, 6.07) is 5.44. The summed E-state index contributed by atoms with van der Waals surface area (Å²) >= 11 is 4.76. The number of hydrogen-bond donors (Lipinski definition) is 2. The van der Waals surface area contributed by atoms with Crippen molar-refractivity contribution in [2.75, 3.05) is 31.6 Å². The second-order valence-electron chi connectivity index (χ2n) is 5.66. The van der Waals surface area contributed by atoms with E-state index in [0.29, 0.717) is 36.8 Å². The van der Waals surface area contributed by atoms with Gasteiger partial charge in [-0.25, -0.2) is 9.78 Å². The second-order valence-corrected chi connectivity index (χ2v) is 7.80. The van der Waals surface area contributed by atoms with Crippen LogP contribution in [0.4, 0.5) is 5.69 Å². The lowest BCUT2D eigenvalue weighted by molar-refractivity contribution is 0.0341. The molecular weight excluding hydrogens is 406 g/mol. The van der Waals surface area contributed by atoms with E-state index in [4.69, 9.17) is 4.74 Å². The highest BCUT2D eigenvalue weighted by Gasteiger charge is 2.16. The Hall–Kier alpha value is -1.74. The Labute approximate surface area is 158 Å². The third-order valence-electron chi connectivity index (χ3n) is 3.90. The summed E-state index contributed by atoms with van der Waals surface area (Å²) in [5, 5.41) is 14.5. The van der Waals surface area contributed by atoms with Gasteiger partial charge in [-0.15, -0.1) is 11.3 Å². The van der Waals surface area contributed by atoms with Crippen molar-refractivity contribution in [3.05, 3.63) is 50.9 Å². The Morgan fingerprint density at radius 3 is 2.84 bits per heavy atom. The van der Waals surface area contributed by atoms with Crippen molar-refractivity contribution < 1.29 is 14.6 Å². The van der Waals surface area contributed by atoms with E-state index in [9.17, 15) is 9.90 Å². The summed E-state index contributed by atoms with van der Waals surface area (Å²) in [5.74, 6) is -0.974. The molecule has 2 N–H and O–H groups in total. The molecule has 1 aliphatic heterocycles. The Bertz CT molecular complexity index is 787. The van der Waals surface area contributed by atoms with Gasteiger partial charge in [-0.05, 0) is 33.6 Å². The van der Waals surface area contributed by atoms with Crippen LogP contribution in [0.3, 0.4) is 0 Å². The molecule has 1 saturated heterocycles. The van der Waals surface area contributed by atoms with Gasteiger partial charge in [-0.2, -0.15) is 0 Å². The number of aromatic carboxylic acids is 1. The highest BCUT2D eigenvalue weighted by molar-refractivity contribution is 9.11. The molecule has 132 valence electrons. The van der Waals surface area contributed by atoms with Crippen molar-refractivity contribution in [2.24, 2.45) is 0 Å². The number of nitrogens with one attached hydrogen (secondary N) is 1. The molecule has 2 heterocycles. The molecule has 2 aromatic rings. The number of morpholine rings is 1. The molecule has 0 amide bonds. The van der Waals surface area contributed by atoms with Crippen LogP contribution in [0.15, 0.2) is 34.1 Å². The van der Waals surface area contributed by atoms with Gasteiger partial charge in [0.15, 0.2) is 3.92 Å². The predicted molar refractivity (Wildman–Crippen MR) is 102 cm³/mol. The highest BCUT2D eigenvalue weighted by atomic mass is 79.9. The number of ether oxygens (including phenoxy) is 1. The number of carboxylic acid groups (broad SMARTS) is 1. The van der Waals surface area contributed by atoms with Crippen molar-refractivity contribution in [2.45, 2.75) is 6.54 Å². The van der Waals surface area contributed by atoms with Gasteiger partial charge in [0.05, 0.1) is 35.9 Å². The SMILES string of the molecule is C=C(Nc1ccc(CN2CCOCC2)cc1C(=O)O)c1csc(Br)n1. The van der Waals surface area contributed by atoms with Crippen molar-refractivity contribution in [3.63, 3.8) is 0 Å². The summed E-state index contributed by atoms with van der Waals surface area (Å²) in [5.41, 5.74) is 2.94. The molecule has 1 aromatic carbocycles. The predicted octanol–water partition coefficient (Wildman–Crippen LogP) is 3.52. The zero-order chi connectivity index (χ0) is 17.8. The van der Waals surface area contributed by atoms with Gasteiger partial charge in [-0.1, -0.05) is 12.6 Å². The minimum atomic E-state index is -0.974. The maximum Gasteiger partial charge on any atom is 0.337 e. The fourth-order valence-electron chi connectivity index (χ4n) is 2.61. The topological polar surface area (TPSA) is 74.7 Å². The number of halogens is 1. The molecule has 0 bridgehead atoms. The van der Waals surface area contributed by atoms with Crippen LogP contribution in [0.1, 0.15) is 21.6 Å². The van der Waals surface area contributed by atoms with Crippen molar-refractivity contribution in [1.29, 1.82) is 0 Å². The summed E-state index contributed by atoms with van der Waals surface area (Å²) in [6.45, 7) is 7.81. The zero-order valence-electron chi connectivity index (χ0n) is 13.5. The number of thiazole rings is 1. The molecule has 1 aliphatic rings. The van der Waals surface area contributed by atoms with Crippen LogP contribution in [0.25, 0.3) is 5.70 Å². The van der Waals surface area contributed by atoms with E-state index in [2.05, 4.69) is 37.7 Å². The van der Waals surface area contributed by atoms with E-state index in [1.165, 1.54) is 11.3 Å². The Morgan fingerprint density at radius 2 is 2.20 bits per heavy atom. The van der Waals surface area contributed by atoms with Crippen LogP contribution >= 0.6 is 27.3 Å². The van der Waals surface area contributed by atoms with Gasteiger partial charge in [0.2, 0.25) is 0 Å². The van der Waals surface area contributed by atoms with E-state index >= 15 is 0 Å². The molecule has 0 unspecified atom stereocenters. The molecule has 3 rings (SSSR count). The van der Waals surface area contributed by atoms with Crippen LogP contribution in [-0.2, 0) is 11.3 Å². The van der Waals surface area contributed by atoms with Gasteiger partial charge in [0.1, 0.15) is 0 Å². The van der Waals surface area contributed by atoms with Crippen molar-refractivity contribution in [3.8, 4) is 0 Å². The first-order chi connectivity index (χ1) is 12.0. The molecule has 0 radical (unpaired) electrons. The lowest BCUT2D eigenvalue weighted by Crippen LogP contribution is -2.35. The number of rotatable bonds is 6. The van der Waals surface area contributed by atoms with E-state index in [0.717, 1.165) is 22.6 Å². The Balaban J connectivity index is 1.77. The normalized spacial score (nSPS) is 15.1. The lowest BCUT2D eigenvalue weighted by Gasteiger charge is -2.26. The van der Waals surface area contributed by atoms with Gasteiger partial charge in [0, 0.05) is 25.0 Å². The minimum absolute atomic E-state index is 0.223. The van der Waals surface area contributed by atoms with Crippen LogP contribution in [0, 0.1) is 0 Å². The molecule has 1 aromatic heterocycles. The maximum atomic E-state index is 11.7. The monoisotopic (exact) mass is 423 g/mol. The van der Waals surface area contributed by atoms with E-state index in [1.807, 2.05) is 11.4 Å². The number of anilines is 1. The number of benzene rings is 1. The minimum Gasteiger partial charge on any atom is -0.478 e. The third kappa shape index (κ3) is 4.66.